The van der Waals surface area contributed by atoms with E-state index in [2.05, 4.69) is 0 Å². The predicted octanol–water partition coefficient (Wildman–Crippen LogP) is 3.36. The summed E-state index contributed by atoms with van der Waals surface area (Å²) in [6.07, 6.45) is 2.90. The molecule has 0 aromatic heterocycles. The normalized spacial score (nSPS) is 16.4. The number of fused-ring (bicyclic) bond motifs is 2. The summed E-state index contributed by atoms with van der Waals surface area (Å²) >= 11 is 0. The third-order valence-corrected chi connectivity index (χ3v) is 4.91. The molecule has 0 spiro atoms. The van der Waals surface area contributed by atoms with Crippen LogP contribution in [0.4, 0.5) is 11.4 Å². The average Bonchev–Trinajstić information content (AvgIpc) is 2.65. The lowest BCUT2D eigenvalue weighted by Crippen LogP contribution is -2.33. The number of hydrogen-bond donors (Lipinski definition) is 0. The number of hydrogen-bond acceptors (Lipinski definition) is 5. The Bertz CT molecular complexity index is 914. The van der Waals surface area contributed by atoms with Crippen molar-refractivity contribution in [2.24, 2.45) is 0 Å². The monoisotopic (exact) mass is 336 g/mol. The van der Waals surface area contributed by atoms with E-state index in [1.807, 2.05) is 4.90 Å². The second-order valence-corrected chi connectivity index (χ2v) is 6.36. The zero-order valence-corrected chi connectivity index (χ0v) is 13.5. The summed E-state index contributed by atoms with van der Waals surface area (Å²) in [5.41, 5.74) is 1.31. The number of benzene rings is 2. The second kappa shape index (κ2) is 5.81. The highest BCUT2D eigenvalue weighted by atomic mass is 16.6. The van der Waals surface area contributed by atoms with Crippen molar-refractivity contribution < 1.29 is 14.5 Å². The van der Waals surface area contributed by atoms with E-state index in [1.165, 1.54) is 12.1 Å². The van der Waals surface area contributed by atoms with Crippen molar-refractivity contribution in [2.45, 2.75) is 19.3 Å². The molecule has 126 valence electrons. The van der Waals surface area contributed by atoms with E-state index < -0.39 is 4.92 Å². The molecule has 0 unspecified atom stereocenters. The fourth-order valence-electron chi connectivity index (χ4n) is 3.74. The molecular weight excluding hydrogens is 320 g/mol. The van der Waals surface area contributed by atoms with Crippen molar-refractivity contribution in [3.63, 3.8) is 0 Å². The van der Waals surface area contributed by atoms with Crippen LogP contribution in [0, 0.1) is 10.1 Å². The van der Waals surface area contributed by atoms with Crippen LogP contribution in [0.15, 0.2) is 36.4 Å². The van der Waals surface area contributed by atoms with Crippen LogP contribution in [0.3, 0.4) is 0 Å². The number of nitro groups is 1. The molecule has 2 aromatic rings. The number of ketones is 2. The number of carbonyl (C=O) groups excluding carboxylic acids is 2. The Kier molecular flexibility index (Phi) is 3.60. The highest BCUT2D eigenvalue weighted by Gasteiger charge is 2.37. The number of carbonyl (C=O) groups is 2. The van der Waals surface area contributed by atoms with E-state index in [-0.39, 0.29) is 28.4 Å². The van der Waals surface area contributed by atoms with E-state index >= 15 is 0 Å². The van der Waals surface area contributed by atoms with Gasteiger partial charge in [0.25, 0.3) is 5.69 Å². The van der Waals surface area contributed by atoms with Gasteiger partial charge in [-0.25, -0.2) is 0 Å². The zero-order valence-electron chi connectivity index (χ0n) is 13.5. The Morgan fingerprint density at radius 1 is 0.840 bits per heavy atom. The van der Waals surface area contributed by atoms with E-state index in [4.69, 9.17) is 0 Å². The Balaban J connectivity index is 1.99. The van der Waals surface area contributed by atoms with Crippen molar-refractivity contribution in [3.05, 3.63) is 68.8 Å². The maximum atomic E-state index is 13.1. The second-order valence-electron chi connectivity index (χ2n) is 6.36. The van der Waals surface area contributed by atoms with Crippen molar-refractivity contribution in [1.82, 2.24) is 0 Å². The lowest BCUT2D eigenvalue weighted by atomic mass is 9.82. The van der Waals surface area contributed by atoms with Gasteiger partial charge >= 0.3 is 0 Å². The molecule has 2 aliphatic rings. The van der Waals surface area contributed by atoms with E-state index in [9.17, 15) is 19.7 Å². The van der Waals surface area contributed by atoms with Gasteiger partial charge in [0.2, 0.25) is 0 Å². The molecule has 25 heavy (non-hydrogen) atoms. The van der Waals surface area contributed by atoms with Gasteiger partial charge in [-0.3, -0.25) is 19.7 Å². The largest absolute Gasteiger partial charge is 0.365 e. The van der Waals surface area contributed by atoms with Gasteiger partial charge in [-0.05, 0) is 25.3 Å². The molecule has 0 N–H and O–H groups in total. The van der Waals surface area contributed by atoms with E-state index in [1.54, 1.807) is 24.3 Å². The third-order valence-electron chi connectivity index (χ3n) is 4.91. The molecule has 2 aromatic carbocycles. The summed E-state index contributed by atoms with van der Waals surface area (Å²) < 4.78 is 0. The van der Waals surface area contributed by atoms with Crippen molar-refractivity contribution in [1.29, 1.82) is 0 Å². The summed E-state index contributed by atoms with van der Waals surface area (Å²) in [6, 6.07) is 9.41. The van der Waals surface area contributed by atoms with Crippen LogP contribution in [0.5, 0.6) is 0 Å². The minimum absolute atomic E-state index is 0.110. The molecule has 0 radical (unpaired) electrons. The summed E-state index contributed by atoms with van der Waals surface area (Å²) in [5.74, 6) is -0.562. The van der Waals surface area contributed by atoms with Crippen molar-refractivity contribution in [3.8, 4) is 0 Å². The Labute approximate surface area is 144 Å². The summed E-state index contributed by atoms with van der Waals surface area (Å²) in [5, 5.41) is 11.6. The van der Waals surface area contributed by atoms with Gasteiger partial charge in [-0.15, -0.1) is 0 Å². The number of rotatable bonds is 2. The van der Waals surface area contributed by atoms with E-state index in [0.29, 0.717) is 29.9 Å². The molecule has 0 saturated carbocycles. The standard InChI is InChI=1S/C19H16N2O4/c22-18-12-6-2-3-7-13(12)19(23)16-14(18)8-9-15(21(24)25)17(16)20-10-4-1-5-11-20/h2-3,6-9H,1,4-5,10-11H2. The highest BCUT2D eigenvalue weighted by molar-refractivity contribution is 6.30. The first-order valence-electron chi connectivity index (χ1n) is 8.34. The smallest absolute Gasteiger partial charge is 0.293 e. The van der Waals surface area contributed by atoms with Crippen LogP contribution in [0.25, 0.3) is 0 Å². The number of nitro benzene ring substituents is 1. The van der Waals surface area contributed by atoms with Crippen molar-refractivity contribution >= 4 is 22.9 Å². The predicted molar refractivity (Wildman–Crippen MR) is 92.5 cm³/mol. The third kappa shape index (κ3) is 2.33. The number of nitrogens with zero attached hydrogens (tertiary/aromatic N) is 2. The molecule has 0 amide bonds. The highest BCUT2D eigenvalue weighted by Crippen LogP contribution is 2.40. The lowest BCUT2D eigenvalue weighted by Gasteiger charge is -2.31. The Morgan fingerprint density at radius 2 is 1.48 bits per heavy atom. The molecule has 0 bridgehead atoms. The minimum atomic E-state index is -0.470. The van der Waals surface area contributed by atoms with Crippen LogP contribution in [-0.4, -0.2) is 29.6 Å². The molecule has 4 rings (SSSR count). The summed E-state index contributed by atoms with van der Waals surface area (Å²) in [4.78, 5) is 38.9. The lowest BCUT2D eigenvalue weighted by molar-refractivity contribution is -0.384. The first-order chi connectivity index (χ1) is 12.1. The Morgan fingerprint density at radius 3 is 2.12 bits per heavy atom. The quantitative estimate of drug-likeness (QED) is 0.529. The van der Waals surface area contributed by atoms with Gasteiger partial charge in [-0.2, -0.15) is 0 Å². The average molecular weight is 336 g/mol. The summed E-state index contributed by atoms with van der Waals surface area (Å²) in [6.45, 7) is 1.31. The molecule has 1 aliphatic carbocycles. The Hall–Kier alpha value is -3.02. The van der Waals surface area contributed by atoms with Crippen molar-refractivity contribution in [2.75, 3.05) is 18.0 Å². The van der Waals surface area contributed by atoms with Gasteiger partial charge in [0.1, 0.15) is 5.69 Å². The molecule has 1 heterocycles. The van der Waals surface area contributed by atoms with Crippen LogP contribution < -0.4 is 4.90 Å². The van der Waals surface area contributed by atoms with Crippen LogP contribution in [0.1, 0.15) is 51.1 Å². The maximum absolute atomic E-state index is 13.1. The topological polar surface area (TPSA) is 80.5 Å². The van der Waals surface area contributed by atoms with Gasteiger partial charge < -0.3 is 4.90 Å². The number of anilines is 1. The molecule has 6 nitrogen and oxygen atoms in total. The van der Waals surface area contributed by atoms with Crippen LogP contribution in [0.2, 0.25) is 0 Å². The van der Waals surface area contributed by atoms with E-state index in [0.717, 1.165) is 19.3 Å². The van der Waals surface area contributed by atoms with Gasteiger partial charge in [0.05, 0.1) is 10.5 Å². The SMILES string of the molecule is O=C1c2ccccc2C(=O)c2c1ccc([N+](=O)[O-])c2N1CCCCC1. The molecular formula is C19H16N2O4. The first kappa shape index (κ1) is 15.5. The fraction of sp³-hybridized carbons (Fsp3) is 0.263. The summed E-state index contributed by atoms with van der Waals surface area (Å²) in [7, 11) is 0. The molecule has 1 saturated heterocycles. The van der Waals surface area contributed by atoms with Gasteiger partial charge in [-0.1, -0.05) is 24.3 Å². The molecule has 1 fully saturated rings. The zero-order chi connectivity index (χ0) is 17.6. The molecule has 0 atom stereocenters. The van der Waals surface area contributed by atoms with Gasteiger partial charge in [0, 0.05) is 35.8 Å². The van der Waals surface area contributed by atoms with Crippen LogP contribution in [-0.2, 0) is 0 Å². The van der Waals surface area contributed by atoms with Gasteiger partial charge in [0.15, 0.2) is 11.6 Å². The molecule has 6 heteroatoms. The number of piperidine rings is 1. The minimum Gasteiger partial charge on any atom is -0.365 e. The fourth-order valence-corrected chi connectivity index (χ4v) is 3.74. The molecule has 1 aliphatic heterocycles. The maximum Gasteiger partial charge on any atom is 0.293 e. The first-order valence-corrected chi connectivity index (χ1v) is 8.34. The van der Waals surface area contributed by atoms with Crippen LogP contribution >= 0.6 is 0 Å².